The van der Waals surface area contributed by atoms with Gasteiger partial charge in [-0.3, -0.25) is 4.79 Å². The molecule has 1 amide bonds. The number of carbonyl (C=O) groups is 1. The molecule has 1 aliphatic heterocycles. The molecule has 0 spiro atoms. The number of hydrogen-bond donors (Lipinski definition) is 1. The molecule has 1 aliphatic rings. The maximum Gasteiger partial charge on any atom is 0.253 e. The molecule has 2 N–H and O–H groups in total. The van der Waals surface area contributed by atoms with Gasteiger partial charge in [-0.25, -0.2) is 0 Å². The number of ether oxygens (including phenoxy) is 1. The van der Waals surface area contributed by atoms with Crippen LogP contribution in [0.2, 0.25) is 10.0 Å². The van der Waals surface area contributed by atoms with Crippen molar-refractivity contribution in [2.45, 2.75) is 13.3 Å². The summed E-state index contributed by atoms with van der Waals surface area (Å²) >= 11 is 12.0. The zero-order chi connectivity index (χ0) is 18.0. The second-order valence-corrected chi connectivity index (χ2v) is 7.54. The smallest absolute Gasteiger partial charge is 0.253 e. The Morgan fingerprint density at radius 3 is 2.50 bits per heavy atom. The lowest BCUT2D eigenvalue weighted by molar-refractivity contribution is 0.0777. The van der Waals surface area contributed by atoms with Crippen molar-refractivity contribution in [1.29, 1.82) is 0 Å². The summed E-state index contributed by atoms with van der Waals surface area (Å²) in [5.74, 6) is 1.14. The first-order valence-corrected chi connectivity index (χ1v) is 8.88. The number of amides is 1. The van der Waals surface area contributed by atoms with E-state index in [1.807, 2.05) is 4.90 Å². The number of nitrogens with two attached hydrogens (primary N) is 1. The fourth-order valence-corrected chi connectivity index (χ4v) is 3.34. The first-order valence-electron chi connectivity index (χ1n) is 8.12. The van der Waals surface area contributed by atoms with Crippen LogP contribution in [-0.2, 0) is 0 Å². The van der Waals surface area contributed by atoms with E-state index in [4.69, 9.17) is 33.7 Å². The number of halogens is 3. The minimum absolute atomic E-state index is 0. The first kappa shape index (κ1) is 20.8. The number of likely N-dealkylation sites (tertiary alicyclic amines) is 1. The minimum Gasteiger partial charge on any atom is -0.456 e. The summed E-state index contributed by atoms with van der Waals surface area (Å²) in [6.45, 7) is 4.14. The van der Waals surface area contributed by atoms with Gasteiger partial charge in [-0.15, -0.1) is 12.4 Å². The van der Waals surface area contributed by atoms with Gasteiger partial charge in [0.2, 0.25) is 0 Å². The molecule has 0 saturated carbocycles. The first-order chi connectivity index (χ1) is 11.9. The van der Waals surface area contributed by atoms with Gasteiger partial charge in [-0.2, -0.15) is 0 Å². The van der Waals surface area contributed by atoms with E-state index in [1.54, 1.807) is 42.5 Å². The van der Waals surface area contributed by atoms with Gasteiger partial charge in [0.1, 0.15) is 11.5 Å². The fourth-order valence-electron chi connectivity index (χ4n) is 2.90. The van der Waals surface area contributed by atoms with E-state index in [2.05, 4.69) is 6.92 Å². The van der Waals surface area contributed by atoms with Gasteiger partial charge in [0.25, 0.3) is 5.91 Å². The number of carbonyl (C=O) groups excluding carboxylic acids is 1. The second kappa shape index (κ2) is 8.49. The van der Waals surface area contributed by atoms with Gasteiger partial charge in [0, 0.05) is 23.7 Å². The van der Waals surface area contributed by atoms with Crippen molar-refractivity contribution in [1.82, 2.24) is 4.90 Å². The zero-order valence-corrected chi connectivity index (χ0v) is 16.7. The Balaban J connectivity index is 0.00000243. The Morgan fingerprint density at radius 1 is 1.23 bits per heavy atom. The van der Waals surface area contributed by atoms with E-state index in [9.17, 15) is 4.79 Å². The van der Waals surface area contributed by atoms with Crippen LogP contribution in [0.15, 0.2) is 42.5 Å². The van der Waals surface area contributed by atoms with Gasteiger partial charge >= 0.3 is 0 Å². The van der Waals surface area contributed by atoms with E-state index in [1.165, 1.54) is 0 Å². The quantitative estimate of drug-likeness (QED) is 0.763. The topological polar surface area (TPSA) is 55.6 Å². The maximum atomic E-state index is 12.6. The predicted octanol–water partition coefficient (Wildman–Crippen LogP) is 5.02. The Morgan fingerprint density at radius 2 is 1.92 bits per heavy atom. The van der Waals surface area contributed by atoms with Crippen LogP contribution in [-0.4, -0.2) is 30.4 Å². The predicted molar refractivity (Wildman–Crippen MR) is 108 cm³/mol. The van der Waals surface area contributed by atoms with Crippen molar-refractivity contribution in [2.24, 2.45) is 11.1 Å². The maximum absolute atomic E-state index is 12.6. The molecule has 1 fully saturated rings. The van der Waals surface area contributed by atoms with Gasteiger partial charge < -0.3 is 15.4 Å². The van der Waals surface area contributed by atoms with Gasteiger partial charge in [-0.05, 0) is 60.8 Å². The second-order valence-electron chi connectivity index (χ2n) is 6.69. The third-order valence-electron chi connectivity index (χ3n) is 4.56. The van der Waals surface area contributed by atoms with Crippen LogP contribution in [0.4, 0.5) is 0 Å². The van der Waals surface area contributed by atoms with Gasteiger partial charge in [-0.1, -0.05) is 30.1 Å². The van der Waals surface area contributed by atoms with Gasteiger partial charge in [0.05, 0.1) is 5.02 Å². The summed E-state index contributed by atoms with van der Waals surface area (Å²) in [7, 11) is 0. The largest absolute Gasteiger partial charge is 0.456 e. The summed E-state index contributed by atoms with van der Waals surface area (Å²) in [5, 5.41) is 0.985. The van der Waals surface area contributed by atoms with Crippen molar-refractivity contribution in [3.05, 3.63) is 58.1 Å². The van der Waals surface area contributed by atoms with Crippen LogP contribution >= 0.6 is 35.6 Å². The third-order valence-corrected chi connectivity index (χ3v) is 5.09. The average Bonchev–Trinajstić information content (AvgIpc) is 3.00. The van der Waals surface area contributed by atoms with E-state index in [-0.39, 0.29) is 23.7 Å². The van der Waals surface area contributed by atoms with E-state index < -0.39 is 0 Å². The Bertz CT molecular complexity index is 783. The summed E-state index contributed by atoms with van der Waals surface area (Å²) in [6.07, 6.45) is 0.936. The molecule has 1 atom stereocenters. The monoisotopic (exact) mass is 414 g/mol. The van der Waals surface area contributed by atoms with Gasteiger partial charge in [0.15, 0.2) is 0 Å². The van der Waals surface area contributed by atoms with Crippen LogP contribution in [0.25, 0.3) is 0 Å². The number of nitrogens with zero attached hydrogens (tertiary/aromatic N) is 1. The molecule has 1 heterocycles. The van der Waals surface area contributed by atoms with Crippen LogP contribution in [0.3, 0.4) is 0 Å². The molecule has 3 rings (SSSR count). The molecular weight excluding hydrogens is 395 g/mol. The summed E-state index contributed by atoms with van der Waals surface area (Å²) in [6, 6.07) is 12.1. The normalized spacial score (nSPS) is 19.2. The number of benzene rings is 2. The lowest BCUT2D eigenvalue weighted by Crippen LogP contribution is -2.34. The Labute approximate surface area is 169 Å². The highest BCUT2D eigenvalue weighted by Crippen LogP contribution is 2.32. The SMILES string of the molecule is CC1(CN)CCN(C(=O)c2ccc(Oc3ccc(Cl)cc3Cl)cc2)C1.Cl. The molecule has 2 aromatic rings. The molecule has 0 bridgehead atoms. The molecule has 26 heavy (non-hydrogen) atoms. The zero-order valence-electron chi connectivity index (χ0n) is 14.4. The van der Waals surface area contributed by atoms with Crippen molar-refractivity contribution < 1.29 is 9.53 Å². The van der Waals surface area contributed by atoms with Crippen molar-refractivity contribution in [3.8, 4) is 11.5 Å². The lowest BCUT2D eigenvalue weighted by atomic mass is 9.90. The number of rotatable bonds is 4. The van der Waals surface area contributed by atoms with Crippen LogP contribution < -0.4 is 10.5 Å². The van der Waals surface area contributed by atoms with Crippen molar-refractivity contribution in [3.63, 3.8) is 0 Å². The molecular formula is C19H21Cl3N2O2. The molecule has 7 heteroatoms. The lowest BCUT2D eigenvalue weighted by Gasteiger charge is -2.22. The van der Waals surface area contributed by atoms with Crippen LogP contribution in [0, 0.1) is 5.41 Å². The molecule has 4 nitrogen and oxygen atoms in total. The molecule has 0 aliphatic carbocycles. The van der Waals surface area contributed by atoms with Crippen LogP contribution in [0.5, 0.6) is 11.5 Å². The summed E-state index contributed by atoms with van der Waals surface area (Å²) in [5.41, 5.74) is 6.46. The summed E-state index contributed by atoms with van der Waals surface area (Å²) in [4.78, 5) is 14.5. The van der Waals surface area contributed by atoms with E-state index >= 15 is 0 Å². The molecule has 1 saturated heterocycles. The van der Waals surface area contributed by atoms with Crippen molar-refractivity contribution in [2.75, 3.05) is 19.6 Å². The fraction of sp³-hybridized carbons (Fsp3) is 0.316. The molecule has 1 unspecified atom stereocenters. The third kappa shape index (κ3) is 4.63. The highest BCUT2D eigenvalue weighted by Gasteiger charge is 2.35. The highest BCUT2D eigenvalue weighted by molar-refractivity contribution is 6.35. The molecule has 2 aromatic carbocycles. The Hall–Kier alpha value is -1.46. The Kier molecular flexibility index (Phi) is 6.80. The molecule has 0 aromatic heterocycles. The average molecular weight is 416 g/mol. The minimum atomic E-state index is 0. The number of hydrogen-bond acceptors (Lipinski definition) is 3. The van der Waals surface area contributed by atoms with Crippen molar-refractivity contribution >= 4 is 41.5 Å². The standard InChI is InChI=1S/C19H20Cl2N2O2.ClH/c1-19(11-22)8-9-23(12-19)18(24)13-2-5-15(6-3-13)25-17-7-4-14(20)10-16(17)21;/h2-7,10H,8-9,11-12,22H2,1H3;1H. The summed E-state index contributed by atoms with van der Waals surface area (Å²) < 4.78 is 5.74. The highest BCUT2D eigenvalue weighted by atomic mass is 35.5. The molecule has 140 valence electrons. The van der Waals surface area contributed by atoms with E-state index in [0.717, 1.165) is 13.0 Å². The van der Waals surface area contributed by atoms with E-state index in [0.29, 0.717) is 40.2 Å². The molecule has 0 radical (unpaired) electrons. The van der Waals surface area contributed by atoms with Crippen LogP contribution in [0.1, 0.15) is 23.7 Å².